The van der Waals surface area contributed by atoms with Crippen LogP contribution in [-0.2, 0) is 4.74 Å². The molecule has 4 atom stereocenters. The van der Waals surface area contributed by atoms with Gasteiger partial charge in [0.15, 0.2) is 6.23 Å². The summed E-state index contributed by atoms with van der Waals surface area (Å²) in [6.45, 7) is -0.479. The van der Waals surface area contributed by atoms with Crippen LogP contribution in [0.2, 0.25) is 0 Å². The topological polar surface area (TPSA) is 150 Å². The minimum absolute atomic E-state index is 0.110. The minimum Gasteiger partial charge on any atom is -0.394 e. The first-order valence-electron chi connectivity index (χ1n) is 10.5. The number of halogens is 1. The minimum atomic E-state index is -1.37. The molecule has 0 unspecified atom stereocenters. The molecule has 0 spiro atoms. The van der Waals surface area contributed by atoms with Crippen LogP contribution in [-0.4, -0.2) is 54.8 Å². The molecule has 0 bridgehead atoms. The van der Waals surface area contributed by atoms with Crippen LogP contribution in [0.1, 0.15) is 11.8 Å². The van der Waals surface area contributed by atoms with Crippen molar-refractivity contribution in [3.63, 3.8) is 0 Å². The second-order valence-electron chi connectivity index (χ2n) is 7.98. The van der Waals surface area contributed by atoms with Gasteiger partial charge in [0.2, 0.25) is 0 Å². The van der Waals surface area contributed by atoms with Crippen molar-refractivity contribution in [1.82, 2.24) is 14.5 Å². The maximum Gasteiger partial charge on any atom is 0.165 e. The van der Waals surface area contributed by atoms with Gasteiger partial charge < -0.3 is 25.8 Å². The molecule has 2 aromatic carbocycles. The molecule has 172 valence electrons. The summed E-state index contributed by atoms with van der Waals surface area (Å²) in [5.41, 5.74) is 9.67. The molecule has 0 radical (unpaired) electrons. The van der Waals surface area contributed by atoms with Gasteiger partial charge >= 0.3 is 0 Å². The average Bonchev–Trinajstić information content (AvgIpc) is 3.33. The number of hydrogen-bond donors (Lipinski definition) is 4. The summed E-state index contributed by atoms with van der Waals surface area (Å²) < 4.78 is 8.30. The summed E-state index contributed by atoms with van der Waals surface area (Å²) in [4.78, 5) is 8.33. The number of hydrogen-bond acceptors (Lipinski definition) is 8. The van der Waals surface area contributed by atoms with E-state index in [0.717, 1.165) is 15.6 Å². The molecule has 5 rings (SSSR count). The lowest BCUT2D eigenvalue weighted by Gasteiger charge is -2.21. The number of benzene rings is 2. The fourth-order valence-corrected chi connectivity index (χ4v) is 4.78. The van der Waals surface area contributed by atoms with E-state index in [0.29, 0.717) is 16.6 Å². The van der Waals surface area contributed by atoms with Gasteiger partial charge in [0, 0.05) is 4.47 Å². The zero-order chi connectivity index (χ0) is 24.0. The van der Waals surface area contributed by atoms with E-state index in [1.165, 1.54) is 6.33 Å². The summed E-state index contributed by atoms with van der Waals surface area (Å²) in [6.07, 6.45) is -3.52. The van der Waals surface area contributed by atoms with Crippen molar-refractivity contribution in [2.45, 2.75) is 24.5 Å². The van der Waals surface area contributed by atoms with Gasteiger partial charge in [-0.15, -0.1) is 0 Å². The molecule has 1 aliphatic heterocycles. The summed E-state index contributed by atoms with van der Waals surface area (Å²) in [6, 6.07) is 17.6. The molecule has 34 heavy (non-hydrogen) atoms. The number of anilines is 1. The Hall–Kier alpha value is -3.33. The molecule has 3 heterocycles. The number of rotatable bonds is 4. The van der Waals surface area contributed by atoms with Crippen molar-refractivity contribution in [3.05, 3.63) is 64.9 Å². The van der Waals surface area contributed by atoms with Gasteiger partial charge in [-0.2, -0.15) is 5.26 Å². The molecule has 1 saturated heterocycles. The maximum atomic E-state index is 10.7. The lowest BCUT2D eigenvalue weighted by atomic mass is 10.0. The summed E-state index contributed by atoms with van der Waals surface area (Å²) in [7, 11) is 0. The Morgan fingerprint density at radius 3 is 2.44 bits per heavy atom. The number of fused-ring (bicyclic) bond motifs is 1. The van der Waals surface area contributed by atoms with Crippen LogP contribution in [0.5, 0.6) is 0 Å². The Labute approximate surface area is 202 Å². The fraction of sp³-hybridized carbons (Fsp3) is 0.208. The highest BCUT2D eigenvalue weighted by Gasteiger charge is 2.45. The Morgan fingerprint density at radius 1 is 1.06 bits per heavy atom. The number of nitriles is 1. The molecule has 0 aliphatic carbocycles. The summed E-state index contributed by atoms with van der Waals surface area (Å²) in [5.74, 6) is 0.110. The number of aliphatic hydroxyl groups excluding tert-OH is 3. The van der Waals surface area contributed by atoms with E-state index in [9.17, 15) is 20.6 Å². The van der Waals surface area contributed by atoms with Crippen LogP contribution in [0.25, 0.3) is 33.4 Å². The lowest BCUT2D eigenvalue weighted by Crippen LogP contribution is -2.33. The van der Waals surface area contributed by atoms with E-state index >= 15 is 0 Å². The Kier molecular flexibility index (Phi) is 5.81. The Balaban J connectivity index is 1.72. The molecule has 0 saturated carbocycles. The van der Waals surface area contributed by atoms with Gasteiger partial charge in [0.25, 0.3) is 0 Å². The van der Waals surface area contributed by atoms with Gasteiger partial charge in [-0.1, -0.05) is 52.3 Å². The number of ether oxygens (including phenoxy) is 1. The highest BCUT2D eigenvalue weighted by molar-refractivity contribution is 9.10. The molecule has 5 N–H and O–H groups in total. The Morgan fingerprint density at radius 2 is 1.79 bits per heavy atom. The number of nitrogens with two attached hydrogens (primary N) is 1. The molecule has 4 aromatic rings. The highest BCUT2D eigenvalue weighted by Crippen LogP contribution is 2.41. The van der Waals surface area contributed by atoms with E-state index in [4.69, 9.17) is 10.5 Å². The van der Waals surface area contributed by atoms with Crippen molar-refractivity contribution >= 4 is 32.8 Å². The van der Waals surface area contributed by atoms with Crippen LogP contribution in [0.15, 0.2) is 59.3 Å². The number of aliphatic hydroxyl groups is 3. The predicted molar refractivity (Wildman–Crippen MR) is 128 cm³/mol. The van der Waals surface area contributed by atoms with E-state index in [-0.39, 0.29) is 17.0 Å². The van der Waals surface area contributed by atoms with E-state index in [1.807, 2.05) is 48.5 Å². The second kappa shape index (κ2) is 8.79. The van der Waals surface area contributed by atoms with Crippen molar-refractivity contribution in [3.8, 4) is 28.5 Å². The number of nitrogen functional groups attached to an aromatic ring is 1. The van der Waals surface area contributed by atoms with Crippen LogP contribution >= 0.6 is 15.9 Å². The zero-order valence-electron chi connectivity index (χ0n) is 17.7. The van der Waals surface area contributed by atoms with E-state index < -0.39 is 31.1 Å². The van der Waals surface area contributed by atoms with Gasteiger partial charge in [-0.05, 0) is 28.8 Å². The monoisotopic (exact) mass is 521 g/mol. The maximum absolute atomic E-state index is 10.7. The zero-order valence-corrected chi connectivity index (χ0v) is 19.3. The summed E-state index contributed by atoms with van der Waals surface area (Å²) in [5, 5.41) is 41.1. The molecular formula is C24H20BrN5O4. The number of nitrogens with zero attached hydrogens (tertiary/aromatic N) is 4. The molecule has 9 nitrogen and oxygen atoms in total. The van der Waals surface area contributed by atoms with Gasteiger partial charge in [0.05, 0.1) is 23.3 Å². The smallest absolute Gasteiger partial charge is 0.165 e. The molecular weight excluding hydrogens is 502 g/mol. The molecule has 10 heteroatoms. The van der Waals surface area contributed by atoms with Crippen LogP contribution in [0.4, 0.5) is 5.82 Å². The van der Waals surface area contributed by atoms with Crippen LogP contribution in [0.3, 0.4) is 0 Å². The van der Waals surface area contributed by atoms with Gasteiger partial charge in [-0.3, -0.25) is 4.57 Å². The molecule has 2 aromatic heterocycles. The van der Waals surface area contributed by atoms with Crippen molar-refractivity contribution in [1.29, 1.82) is 5.26 Å². The molecule has 1 fully saturated rings. The highest BCUT2D eigenvalue weighted by atomic mass is 79.9. The second-order valence-corrected chi connectivity index (χ2v) is 8.90. The van der Waals surface area contributed by atoms with Crippen LogP contribution in [0, 0.1) is 11.3 Å². The van der Waals surface area contributed by atoms with Gasteiger partial charge in [-0.25, -0.2) is 9.97 Å². The quantitative estimate of drug-likeness (QED) is 0.320. The van der Waals surface area contributed by atoms with Crippen LogP contribution < -0.4 is 5.73 Å². The lowest BCUT2D eigenvalue weighted by molar-refractivity contribution is -0.0501. The first-order valence-corrected chi connectivity index (χ1v) is 11.3. The third-order valence-corrected chi connectivity index (χ3v) is 6.51. The largest absolute Gasteiger partial charge is 0.394 e. The fourth-order valence-electron chi connectivity index (χ4n) is 4.38. The standard InChI is InChI=1S/C24H20BrN5O4/c25-15-3-1-2-14(8-15)12-4-6-13(7-5-12)19-16(9-26)18-22(27)28-11-29-23(18)30(19)24-21(33)20(32)17(10-31)34-24/h1-8,11,17,20-21,24,31-33H,10H2,(H2,27,28,29)/t17-,20+,21-,24-/m0/s1. The third-order valence-electron chi connectivity index (χ3n) is 6.01. The average molecular weight is 522 g/mol. The number of aromatic nitrogens is 3. The Bertz CT molecular complexity index is 1420. The van der Waals surface area contributed by atoms with Crippen molar-refractivity contribution < 1.29 is 20.1 Å². The third kappa shape index (κ3) is 3.55. The normalized spacial score (nSPS) is 22.2. The molecule has 0 amide bonds. The first kappa shape index (κ1) is 22.5. The predicted octanol–water partition coefficient (Wildman–Crippen LogP) is 2.59. The molecule has 1 aliphatic rings. The van der Waals surface area contributed by atoms with Crippen molar-refractivity contribution in [2.75, 3.05) is 12.3 Å². The first-order chi connectivity index (χ1) is 16.4. The SMILES string of the molecule is N#Cc1c(-c2ccc(-c3cccc(Br)c3)cc2)n([C@H]2O[C@@H](CO)[C@@H](O)[C@@H]2O)c2ncnc(N)c12. The van der Waals surface area contributed by atoms with Gasteiger partial charge in [0.1, 0.15) is 42.2 Å². The van der Waals surface area contributed by atoms with E-state index in [2.05, 4.69) is 32.0 Å². The summed E-state index contributed by atoms with van der Waals surface area (Å²) >= 11 is 3.48. The van der Waals surface area contributed by atoms with Crippen molar-refractivity contribution in [2.24, 2.45) is 0 Å². The van der Waals surface area contributed by atoms with E-state index in [1.54, 1.807) is 4.57 Å².